The molecule has 0 radical (unpaired) electrons. The average Bonchev–Trinajstić information content (AvgIpc) is 2.85. The molecule has 1 fully saturated rings. The number of fused-ring (bicyclic) bond motifs is 1. The maximum Gasteiger partial charge on any atom is 0.305 e. The van der Waals surface area contributed by atoms with E-state index in [0.29, 0.717) is 18.2 Å². The summed E-state index contributed by atoms with van der Waals surface area (Å²) in [6.07, 6.45) is 1.31. The molecule has 0 saturated carbocycles. The lowest BCUT2D eigenvalue weighted by Gasteiger charge is -2.38. The summed E-state index contributed by atoms with van der Waals surface area (Å²) in [6, 6.07) is 5.97. The fourth-order valence-electron chi connectivity index (χ4n) is 4.00. The number of carbonyl (C=O) groups is 5. The van der Waals surface area contributed by atoms with Crippen molar-refractivity contribution in [1.29, 1.82) is 0 Å². The molecule has 186 valence electrons. The van der Waals surface area contributed by atoms with Crippen LogP contribution in [0.15, 0.2) is 36.5 Å². The largest absolute Gasteiger partial charge is 0.481 e. The van der Waals surface area contributed by atoms with E-state index in [0.717, 1.165) is 5.39 Å². The number of pyridine rings is 1. The summed E-state index contributed by atoms with van der Waals surface area (Å²) >= 11 is 0. The van der Waals surface area contributed by atoms with Gasteiger partial charge in [-0.3, -0.25) is 24.2 Å². The van der Waals surface area contributed by atoms with Crippen LogP contribution in [0, 0.1) is 5.92 Å². The van der Waals surface area contributed by atoms with Crippen LogP contribution in [0.5, 0.6) is 0 Å². The number of piperazine rings is 1. The molecule has 1 aromatic carbocycles. The number of nitrogens with zero attached hydrogens (tertiary/aromatic N) is 2. The molecule has 0 spiro atoms. The maximum absolute atomic E-state index is 13.5. The Morgan fingerprint density at radius 2 is 1.94 bits per heavy atom. The van der Waals surface area contributed by atoms with Crippen molar-refractivity contribution in [3.8, 4) is 0 Å². The highest BCUT2D eigenvalue weighted by Crippen LogP contribution is 2.18. The molecule has 11 heteroatoms. The highest BCUT2D eigenvalue weighted by Gasteiger charge is 2.38. The molecule has 0 bridgehead atoms. The summed E-state index contributed by atoms with van der Waals surface area (Å²) in [5, 5.41) is 18.6. The van der Waals surface area contributed by atoms with Crippen LogP contribution in [0.1, 0.15) is 30.8 Å². The van der Waals surface area contributed by atoms with Crippen molar-refractivity contribution in [1.82, 2.24) is 25.8 Å². The molecule has 0 unspecified atom stereocenters. The summed E-state index contributed by atoms with van der Waals surface area (Å²) in [6.45, 7) is 4.33. The number of aromatic nitrogens is 1. The highest BCUT2D eigenvalue weighted by atomic mass is 16.4. The van der Waals surface area contributed by atoms with Gasteiger partial charge in [0.05, 0.1) is 12.5 Å². The Morgan fingerprint density at radius 1 is 1.20 bits per heavy atom. The topological polar surface area (TPSA) is 158 Å². The van der Waals surface area contributed by atoms with Gasteiger partial charge in [-0.15, -0.1) is 0 Å². The quantitative estimate of drug-likeness (QED) is 0.362. The van der Waals surface area contributed by atoms with Gasteiger partial charge >= 0.3 is 5.97 Å². The Labute approximate surface area is 202 Å². The molecule has 11 nitrogen and oxygen atoms in total. The number of rotatable bonds is 9. The average molecular weight is 484 g/mol. The third-order valence-electron chi connectivity index (χ3n) is 5.82. The minimum atomic E-state index is -1.23. The van der Waals surface area contributed by atoms with Crippen molar-refractivity contribution in [2.75, 3.05) is 19.6 Å². The van der Waals surface area contributed by atoms with Gasteiger partial charge in [-0.25, -0.2) is 0 Å². The normalized spacial score (nSPS) is 17.5. The lowest BCUT2D eigenvalue weighted by molar-refractivity contribution is -0.145. The molecular weight excluding hydrogens is 454 g/mol. The number of hydrogen-bond acceptors (Lipinski definition) is 7. The molecule has 35 heavy (non-hydrogen) atoms. The molecule has 3 rings (SSSR count). The molecule has 2 heterocycles. The number of hydrogen-bond donors (Lipinski definition) is 4. The number of benzene rings is 1. The van der Waals surface area contributed by atoms with Gasteiger partial charge in [0.15, 0.2) is 0 Å². The van der Waals surface area contributed by atoms with Gasteiger partial charge in [-0.1, -0.05) is 38.1 Å². The first-order valence-corrected chi connectivity index (χ1v) is 11.4. The van der Waals surface area contributed by atoms with Crippen molar-refractivity contribution >= 4 is 40.7 Å². The Balaban J connectivity index is 1.79. The van der Waals surface area contributed by atoms with E-state index in [1.165, 1.54) is 11.1 Å². The SMILES string of the molecule is CC(C)[C@H](NC(=O)c1nccc2ccccc12)C(=O)N1CCNC[C@H]1C(=O)N[C@H](C=O)CC(=O)O. The van der Waals surface area contributed by atoms with Gasteiger partial charge in [0, 0.05) is 31.2 Å². The summed E-state index contributed by atoms with van der Waals surface area (Å²) in [4.78, 5) is 67.2. The third-order valence-corrected chi connectivity index (χ3v) is 5.82. The molecule has 1 aromatic heterocycles. The number of amides is 3. The Bertz CT molecular complexity index is 1120. The lowest BCUT2D eigenvalue weighted by atomic mass is 10.00. The molecule has 0 aliphatic carbocycles. The van der Waals surface area contributed by atoms with E-state index in [9.17, 15) is 24.0 Å². The Kier molecular flexibility index (Phi) is 8.48. The van der Waals surface area contributed by atoms with E-state index >= 15 is 0 Å². The van der Waals surface area contributed by atoms with Crippen LogP contribution in [0.3, 0.4) is 0 Å². The second-order valence-corrected chi connectivity index (χ2v) is 8.68. The lowest BCUT2D eigenvalue weighted by Crippen LogP contribution is -2.64. The number of carboxylic acids is 1. The van der Waals surface area contributed by atoms with E-state index in [4.69, 9.17) is 5.11 Å². The van der Waals surface area contributed by atoms with Gasteiger partial charge in [0.1, 0.15) is 24.1 Å². The molecule has 3 atom stereocenters. The minimum Gasteiger partial charge on any atom is -0.481 e. The summed E-state index contributed by atoms with van der Waals surface area (Å²) < 4.78 is 0. The predicted octanol–water partition coefficient (Wildman–Crippen LogP) is -0.0520. The highest BCUT2D eigenvalue weighted by molar-refractivity contribution is 6.06. The van der Waals surface area contributed by atoms with E-state index in [2.05, 4.69) is 20.9 Å². The molecular formula is C24H29N5O6. The maximum atomic E-state index is 13.5. The van der Waals surface area contributed by atoms with Gasteiger partial charge in [0.25, 0.3) is 5.91 Å². The fraction of sp³-hybridized carbons (Fsp3) is 0.417. The first-order valence-electron chi connectivity index (χ1n) is 11.4. The number of carboxylic acid groups (broad SMARTS) is 1. The Hall–Kier alpha value is -3.86. The minimum absolute atomic E-state index is 0.125. The smallest absolute Gasteiger partial charge is 0.305 e. The molecule has 1 aliphatic rings. The van der Waals surface area contributed by atoms with Gasteiger partial charge < -0.3 is 30.8 Å². The van der Waals surface area contributed by atoms with Crippen LogP contribution in [-0.4, -0.2) is 82.7 Å². The standard InChI is InChI=1S/C24H29N5O6/c1-14(2)20(28-23(34)21-17-6-4-3-5-15(17)7-8-26-21)24(35)29-10-9-25-12-18(29)22(33)27-16(13-30)11-19(31)32/h3-8,13-14,16,18,20,25H,9-12H2,1-2H3,(H,27,33)(H,28,34)(H,31,32)/t16-,18-,20-/m0/s1. The van der Waals surface area contributed by atoms with Gasteiger partial charge in [-0.05, 0) is 17.4 Å². The number of carbonyl (C=O) groups excluding carboxylic acids is 4. The van der Waals surface area contributed by atoms with Gasteiger partial charge in [-0.2, -0.15) is 0 Å². The summed E-state index contributed by atoms with van der Waals surface area (Å²) in [7, 11) is 0. The third kappa shape index (κ3) is 6.18. The first-order chi connectivity index (χ1) is 16.7. The molecule has 4 N–H and O–H groups in total. The number of aliphatic carboxylic acids is 1. The van der Waals surface area contributed by atoms with Crippen LogP contribution in [0.4, 0.5) is 0 Å². The monoisotopic (exact) mass is 483 g/mol. The zero-order chi connectivity index (χ0) is 25.5. The predicted molar refractivity (Wildman–Crippen MR) is 126 cm³/mol. The second-order valence-electron chi connectivity index (χ2n) is 8.68. The van der Waals surface area contributed by atoms with Crippen LogP contribution in [0.25, 0.3) is 10.8 Å². The van der Waals surface area contributed by atoms with Crippen molar-refractivity contribution in [2.24, 2.45) is 5.92 Å². The van der Waals surface area contributed by atoms with Crippen LogP contribution in [0.2, 0.25) is 0 Å². The van der Waals surface area contributed by atoms with Crippen molar-refractivity contribution in [3.05, 3.63) is 42.2 Å². The fourth-order valence-corrected chi connectivity index (χ4v) is 4.00. The summed E-state index contributed by atoms with van der Waals surface area (Å²) in [5.74, 6) is -3.13. The van der Waals surface area contributed by atoms with Crippen molar-refractivity contribution < 1.29 is 29.1 Å². The van der Waals surface area contributed by atoms with Crippen LogP contribution >= 0.6 is 0 Å². The van der Waals surface area contributed by atoms with Crippen molar-refractivity contribution in [2.45, 2.75) is 38.4 Å². The molecule has 1 saturated heterocycles. The van der Waals surface area contributed by atoms with Crippen molar-refractivity contribution in [3.63, 3.8) is 0 Å². The molecule has 1 aliphatic heterocycles. The zero-order valence-electron chi connectivity index (χ0n) is 19.6. The van der Waals surface area contributed by atoms with E-state index < -0.39 is 48.2 Å². The zero-order valence-corrected chi connectivity index (χ0v) is 19.6. The van der Waals surface area contributed by atoms with Gasteiger partial charge in [0.2, 0.25) is 11.8 Å². The van der Waals surface area contributed by atoms with E-state index in [1.807, 2.05) is 12.1 Å². The van der Waals surface area contributed by atoms with Crippen LogP contribution < -0.4 is 16.0 Å². The summed E-state index contributed by atoms with van der Waals surface area (Å²) in [5.41, 5.74) is 0.193. The van der Waals surface area contributed by atoms with Crippen LogP contribution in [-0.2, 0) is 19.2 Å². The molecule has 2 aromatic rings. The number of aldehydes is 1. The van der Waals surface area contributed by atoms with E-state index in [-0.39, 0.29) is 24.7 Å². The van der Waals surface area contributed by atoms with E-state index in [1.54, 1.807) is 32.0 Å². The first kappa shape index (κ1) is 25.8. The molecule has 3 amide bonds. The second kappa shape index (κ2) is 11.5. The Morgan fingerprint density at radius 3 is 2.63 bits per heavy atom. The number of nitrogens with one attached hydrogen (secondary N) is 3.